The fourth-order valence-electron chi connectivity index (χ4n) is 2.94. The van der Waals surface area contributed by atoms with Crippen molar-refractivity contribution in [1.29, 1.82) is 0 Å². The minimum absolute atomic E-state index is 0.0871. The number of hydrogen-bond donors (Lipinski definition) is 1. The highest BCUT2D eigenvalue weighted by molar-refractivity contribution is 6.15. The van der Waals surface area contributed by atoms with Gasteiger partial charge in [-0.2, -0.15) is 0 Å². The van der Waals surface area contributed by atoms with Gasteiger partial charge in [0.05, 0.1) is 26.8 Å². The van der Waals surface area contributed by atoms with Crippen LogP contribution in [0.3, 0.4) is 0 Å². The van der Waals surface area contributed by atoms with Crippen LogP contribution < -0.4 is 19.5 Å². The number of fused-ring (bicyclic) bond motifs is 1. The third-order valence-electron chi connectivity index (χ3n) is 4.15. The summed E-state index contributed by atoms with van der Waals surface area (Å²) in [6.07, 6.45) is 1.69. The summed E-state index contributed by atoms with van der Waals surface area (Å²) in [5.41, 5.74) is 2.53. The molecular weight excluding hydrogens is 318 g/mol. The van der Waals surface area contributed by atoms with Gasteiger partial charge >= 0.3 is 0 Å². The smallest absolute Gasteiger partial charge is 0.232 e. The maximum Gasteiger partial charge on any atom is 0.232 e. The third-order valence-corrected chi connectivity index (χ3v) is 4.15. The first-order valence-electron chi connectivity index (χ1n) is 8.11. The molecule has 0 amide bonds. The first-order chi connectivity index (χ1) is 11.9. The van der Waals surface area contributed by atoms with E-state index >= 15 is 0 Å². The molecule has 1 heterocycles. The number of hydrogen-bond acceptors (Lipinski definition) is 4. The Morgan fingerprint density at radius 3 is 2.52 bits per heavy atom. The minimum Gasteiger partial charge on any atom is -0.872 e. The number of ketones is 1. The molecule has 3 rings (SSSR count). The van der Waals surface area contributed by atoms with E-state index in [9.17, 15) is 9.90 Å². The summed E-state index contributed by atoms with van der Waals surface area (Å²) in [5.74, 6) is 1.13. The SMILES string of the molecule is COc1ccc(C=C2Oc3c(C[NH+](C)C)c([O-])cc(C)c3C2=O)cc1. The number of carbonyl (C=O) groups excluding carboxylic acids is 1. The molecular formula is C20H21NO4. The summed E-state index contributed by atoms with van der Waals surface area (Å²) < 4.78 is 11.0. The fraction of sp³-hybridized carbons (Fsp3) is 0.250. The fourth-order valence-corrected chi connectivity index (χ4v) is 2.94. The monoisotopic (exact) mass is 339 g/mol. The van der Waals surface area contributed by atoms with Crippen molar-refractivity contribution in [1.82, 2.24) is 0 Å². The van der Waals surface area contributed by atoms with E-state index in [1.165, 1.54) is 6.07 Å². The van der Waals surface area contributed by atoms with Gasteiger partial charge in [0.15, 0.2) is 5.76 Å². The van der Waals surface area contributed by atoms with E-state index in [0.717, 1.165) is 16.2 Å². The summed E-state index contributed by atoms with van der Waals surface area (Å²) >= 11 is 0. The summed E-state index contributed by atoms with van der Waals surface area (Å²) in [4.78, 5) is 13.9. The zero-order chi connectivity index (χ0) is 18.1. The van der Waals surface area contributed by atoms with Crippen LogP contribution in [0.25, 0.3) is 6.08 Å². The van der Waals surface area contributed by atoms with Crippen molar-refractivity contribution in [3.63, 3.8) is 0 Å². The Kier molecular flexibility index (Phi) is 4.51. The Balaban J connectivity index is 2.02. The molecule has 0 saturated heterocycles. The molecule has 5 heteroatoms. The lowest BCUT2D eigenvalue weighted by molar-refractivity contribution is -0.872. The van der Waals surface area contributed by atoms with Crippen LogP contribution in [0.2, 0.25) is 0 Å². The van der Waals surface area contributed by atoms with Crippen molar-refractivity contribution in [2.24, 2.45) is 0 Å². The van der Waals surface area contributed by atoms with Crippen LogP contribution in [0.1, 0.15) is 27.0 Å². The maximum absolute atomic E-state index is 12.8. The van der Waals surface area contributed by atoms with Gasteiger partial charge in [-0.15, -0.1) is 0 Å². The highest BCUT2D eigenvalue weighted by atomic mass is 16.5. The molecule has 2 aromatic rings. The molecule has 2 aromatic carbocycles. The molecule has 1 aliphatic heterocycles. The highest BCUT2D eigenvalue weighted by Crippen LogP contribution is 2.40. The minimum atomic E-state index is -0.182. The number of nitrogens with one attached hydrogen (secondary N) is 1. The number of aryl methyl sites for hydroxylation is 1. The second kappa shape index (κ2) is 6.61. The topological polar surface area (TPSA) is 63.0 Å². The third kappa shape index (κ3) is 3.23. The Morgan fingerprint density at radius 1 is 1.24 bits per heavy atom. The van der Waals surface area contributed by atoms with E-state index in [4.69, 9.17) is 9.47 Å². The summed E-state index contributed by atoms with van der Waals surface area (Å²) in [7, 11) is 5.51. The first-order valence-corrected chi connectivity index (χ1v) is 8.11. The summed E-state index contributed by atoms with van der Waals surface area (Å²) in [6.45, 7) is 2.27. The lowest BCUT2D eigenvalue weighted by Gasteiger charge is -2.19. The second-order valence-corrected chi connectivity index (χ2v) is 6.47. The van der Waals surface area contributed by atoms with Crippen LogP contribution in [0.15, 0.2) is 36.1 Å². The molecule has 5 nitrogen and oxygen atoms in total. The van der Waals surface area contributed by atoms with Gasteiger partial charge in [-0.05, 0) is 36.3 Å². The van der Waals surface area contributed by atoms with Crippen LogP contribution in [0, 0.1) is 6.92 Å². The summed E-state index contributed by atoms with van der Waals surface area (Å²) in [6, 6.07) is 8.86. The number of allylic oxidation sites excluding steroid dienone is 1. The van der Waals surface area contributed by atoms with Crippen LogP contribution in [-0.4, -0.2) is 27.0 Å². The van der Waals surface area contributed by atoms with Gasteiger partial charge in [0.25, 0.3) is 0 Å². The predicted octanol–water partition coefficient (Wildman–Crippen LogP) is 1.34. The molecule has 0 bridgehead atoms. The molecule has 0 saturated carbocycles. The number of ether oxygens (including phenoxy) is 2. The highest BCUT2D eigenvalue weighted by Gasteiger charge is 2.32. The zero-order valence-corrected chi connectivity index (χ0v) is 14.8. The van der Waals surface area contributed by atoms with Crippen molar-refractivity contribution in [3.8, 4) is 17.2 Å². The molecule has 0 atom stereocenters. The maximum atomic E-state index is 12.8. The van der Waals surface area contributed by atoms with Crippen LogP contribution in [-0.2, 0) is 6.54 Å². The van der Waals surface area contributed by atoms with E-state index in [0.29, 0.717) is 29.0 Å². The molecule has 1 N–H and O–H groups in total. The number of Topliss-reactive ketones (excluding diaryl/α,β-unsaturated/α-hetero) is 1. The van der Waals surface area contributed by atoms with Crippen LogP contribution in [0.5, 0.6) is 17.2 Å². The van der Waals surface area contributed by atoms with Gasteiger partial charge in [0.2, 0.25) is 5.78 Å². The average Bonchev–Trinajstić information content (AvgIpc) is 2.89. The quantitative estimate of drug-likeness (QED) is 0.854. The van der Waals surface area contributed by atoms with E-state index in [1.54, 1.807) is 20.1 Å². The molecule has 0 aliphatic carbocycles. The molecule has 1 aliphatic rings. The number of carbonyl (C=O) groups is 1. The van der Waals surface area contributed by atoms with Crippen molar-refractivity contribution in [3.05, 3.63) is 58.3 Å². The molecule has 0 unspecified atom stereocenters. The first kappa shape index (κ1) is 17.0. The summed E-state index contributed by atoms with van der Waals surface area (Å²) in [5, 5.41) is 12.3. The van der Waals surface area contributed by atoms with Crippen molar-refractivity contribution in [2.45, 2.75) is 13.5 Å². The van der Waals surface area contributed by atoms with Gasteiger partial charge < -0.3 is 19.5 Å². The lowest BCUT2D eigenvalue weighted by atomic mass is 9.99. The van der Waals surface area contributed by atoms with E-state index in [1.807, 2.05) is 38.4 Å². The Bertz CT molecular complexity index is 851. The van der Waals surface area contributed by atoms with Gasteiger partial charge in [0, 0.05) is 5.56 Å². The van der Waals surface area contributed by atoms with Gasteiger partial charge in [0.1, 0.15) is 18.0 Å². The van der Waals surface area contributed by atoms with Gasteiger partial charge in [-0.3, -0.25) is 4.79 Å². The second-order valence-electron chi connectivity index (χ2n) is 6.47. The number of benzene rings is 2. The van der Waals surface area contributed by atoms with Crippen molar-refractivity contribution >= 4 is 11.9 Å². The van der Waals surface area contributed by atoms with Gasteiger partial charge in [-0.25, -0.2) is 0 Å². The van der Waals surface area contributed by atoms with Crippen LogP contribution in [0.4, 0.5) is 0 Å². The molecule has 0 fully saturated rings. The molecule has 0 spiro atoms. The Hall–Kier alpha value is -2.79. The van der Waals surface area contributed by atoms with Crippen LogP contribution >= 0.6 is 0 Å². The predicted molar refractivity (Wildman–Crippen MR) is 93.1 cm³/mol. The standard InChI is InChI=1S/C20H21NO4/c1-12-9-16(22)15(11-21(2)3)20-18(12)19(23)17(25-20)10-13-5-7-14(24-4)8-6-13/h5-10,22H,11H2,1-4H3. The molecule has 0 aromatic heterocycles. The largest absolute Gasteiger partial charge is 0.872 e. The molecule has 130 valence electrons. The van der Waals surface area contributed by atoms with Crippen molar-refractivity contribution < 1.29 is 24.3 Å². The number of rotatable bonds is 4. The zero-order valence-electron chi connectivity index (χ0n) is 14.8. The van der Waals surface area contributed by atoms with E-state index < -0.39 is 0 Å². The molecule has 25 heavy (non-hydrogen) atoms. The molecule has 0 radical (unpaired) electrons. The Labute approximate surface area is 147 Å². The van der Waals surface area contributed by atoms with Crippen molar-refractivity contribution in [2.75, 3.05) is 21.2 Å². The number of methoxy groups -OCH3 is 1. The number of quaternary nitrogens is 1. The normalized spacial score (nSPS) is 14.8. The van der Waals surface area contributed by atoms with E-state index in [2.05, 4.69) is 0 Å². The Morgan fingerprint density at radius 2 is 1.92 bits per heavy atom. The van der Waals surface area contributed by atoms with E-state index in [-0.39, 0.29) is 17.3 Å². The van der Waals surface area contributed by atoms with Gasteiger partial charge in [-0.1, -0.05) is 23.9 Å². The lowest BCUT2D eigenvalue weighted by Crippen LogP contribution is -3.04. The average molecular weight is 339 g/mol.